The number of aromatic nitrogens is 1. The molecule has 0 bridgehead atoms. The van der Waals surface area contributed by atoms with Crippen LogP contribution < -0.4 is 10.2 Å². The third-order valence-electron chi connectivity index (χ3n) is 7.00. The Morgan fingerprint density at radius 2 is 1.83 bits per heavy atom. The van der Waals surface area contributed by atoms with E-state index in [4.69, 9.17) is 4.98 Å². The Morgan fingerprint density at radius 3 is 2.50 bits per heavy atom. The van der Waals surface area contributed by atoms with Crippen LogP contribution >= 0.6 is 11.3 Å². The van der Waals surface area contributed by atoms with Crippen molar-refractivity contribution < 1.29 is 5.11 Å². The number of nitrogens with zero attached hydrogens (tertiary/aromatic N) is 2. The summed E-state index contributed by atoms with van der Waals surface area (Å²) in [5.74, 6) is 0.207. The van der Waals surface area contributed by atoms with Crippen molar-refractivity contribution in [3.8, 4) is 11.3 Å². The molecule has 2 N–H and O–H groups in total. The van der Waals surface area contributed by atoms with Gasteiger partial charge < -0.3 is 15.3 Å². The largest absolute Gasteiger partial charge is 0.512 e. The highest BCUT2D eigenvalue weighted by atomic mass is 32.1. The van der Waals surface area contributed by atoms with Crippen LogP contribution in [0.25, 0.3) is 11.3 Å². The van der Waals surface area contributed by atoms with Crippen molar-refractivity contribution >= 4 is 16.5 Å². The zero-order valence-electron chi connectivity index (χ0n) is 18.8. The molecule has 1 aliphatic heterocycles. The molecule has 1 aliphatic carbocycles. The maximum Gasteiger partial charge on any atom is 0.185 e. The second kappa shape index (κ2) is 8.01. The highest BCUT2D eigenvalue weighted by Gasteiger charge is 2.37. The first-order valence-electron chi connectivity index (χ1n) is 11.1. The zero-order valence-corrected chi connectivity index (χ0v) is 19.6. The molecule has 4 rings (SSSR count). The predicted molar refractivity (Wildman–Crippen MR) is 128 cm³/mol. The van der Waals surface area contributed by atoms with E-state index in [1.165, 1.54) is 29.5 Å². The smallest absolute Gasteiger partial charge is 0.185 e. The molecule has 30 heavy (non-hydrogen) atoms. The van der Waals surface area contributed by atoms with Crippen LogP contribution in [0, 0.1) is 0 Å². The maximum absolute atomic E-state index is 9.28. The van der Waals surface area contributed by atoms with Gasteiger partial charge in [0.25, 0.3) is 0 Å². The zero-order chi connectivity index (χ0) is 21.5. The van der Waals surface area contributed by atoms with Gasteiger partial charge in [0, 0.05) is 30.1 Å². The molecule has 0 radical (unpaired) electrons. The fourth-order valence-corrected chi connectivity index (χ4v) is 5.72. The third kappa shape index (κ3) is 4.28. The molecule has 162 valence electrons. The molecular formula is C25H35N3OS. The summed E-state index contributed by atoms with van der Waals surface area (Å²) in [5.41, 5.74) is 5.78. The Bertz CT molecular complexity index is 922. The number of hydrogen-bond acceptors (Lipinski definition) is 5. The molecule has 0 unspecified atom stereocenters. The lowest BCUT2D eigenvalue weighted by Crippen LogP contribution is -2.43. The fraction of sp³-hybridized carbons (Fsp3) is 0.560. The summed E-state index contributed by atoms with van der Waals surface area (Å²) in [4.78, 5) is 7.40. The minimum Gasteiger partial charge on any atom is -0.512 e. The summed E-state index contributed by atoms with van der Waals surface area (Å²) < 4.78 is 0. The molecule has 2 aromatic rings. The topological polar surface area (TPSA) is 48.4 Å². The number of fused-ring (bicyclic) bond motifs is 1. The Labute approximate surface area is 185 Å². The van der Waals surface area contributed by atoms with Crippen LogP contribution in [-0.2, 0) is 10.8 Å². The predicted octanol–water partition coefficient (Wildman–Crippen LogP) is 5.79. The molecule has 5 heteroatoms. The third-order valence-corrected chi connectivity index (χ3v) is 7.90. The Kier molecular flexibility index (Phi) is 5.71. The van der Waals surface area contributed by atoms with Gasteiger partial charge in [0.15, 0.2) is 5.13 Å². The van der Waals surface area contributed by atoms with Gasteiger partial charge in [-0.05, 0) is 53.7 Å². The van der Waals surface area contributed by atoms with Gasteiger partial charge in [0.2, 0.25) is 0 Å². The first kappa shape index (κ1) is 21.4. The van der Waals surface area contributed by atoms with Gasteiger partial charge in [0.1, 0.15) is 0 Å². The SMILES string of the molecule is C=C(O)CNC1CCN(c2nc(-c3ccc4c(c3)C(C)(C)CCC4(C)C)cs2)CC1. The van der Waals surface area contributed by atoms with Crippen molar-refractivity contribution in [2.75, 3.05) is 24.5 Å². The van der Waals surface area contributed by atoms with Gasteiger partial charge in [0.05, 0.1) is 18.0 Å². The standard InChI is InChI=1S/C25H35N3OS/c1-17(29)15-26-19-8-12-28(13-9-19)23-27-22(16-30-23)18-6-7-20-21(14-18)25(4,5)11-10-24(20,2)3/h6-7,14,16,19,26,29H,1,8-13,15H2,2-5H3. The lowest BCUT2D eigenvalue weighted by molar-refractivity contribution is 0.332. The van der Waals surface area contributed by atoms with Crippen LogP contribution in [0.1, 0.15) is 64.5 Å². The molecule has 4 nitrogen and oxygen atoms in total. The molecule has 0 saturated carbocycles. The van der Waals surface area contributed by atoms with E-state index in [1.807, 2.05) is 0 Å². The van der Waals surface area contributed by atoms with E-state index < -0.39 is 0 Å². The molecular weight excluding hydrogens is 390 g/mol. The summed E-state index contributed by atoms with van der Waals surface area (Å²) in [6.07, 6.45) is 4.59. The van der Waals surface area contributed by atoms with Gasteiger partial charge in [-0.2, -0.15) is 0 Å². The first-order chi connectivity index (χ1) is 14.2. The van der Waals surface area contributed by atoms with Crippen LogP contribution in [0.2, 0.25) is 0 Å². The Hall–Kier alpha value is -1.85. The Morgan fingerprint density at radius 1 is 1.17 bits per heavy atom. The van der Waals surface area contributed by atoms with Crippen LogP contribution in [0.5, 0.6) is 0 Å². The van der Waals surface area contributed by atoms with Crippen LogP contribution in [0.3, 0.4) is 0 Å². The van der Waals surface area contributed by atoms with Crippen molar-refractivity contribution in [3.05, 3.63) is 47.0 Å². The molecule has 1 saturated heterocycles. The van der Waals surface area contributed by atoms with E-state index in [9.17, 15) is 5.11 Å². The van der Waals surface area contributed by atoms with Gasteiger partial charge in [-0.3, -0.25) is 0 Å². The van der Waals surface area contributed by atoms with E-state index in [0.717, 1.165) is 36.8 Å². The average molecular weight is 426 g/mol. The number of piperidine rings is 1. The van der Waals surface area contributed by atoms with Crippen molar-refractivity contribution in [2.45, 2.75) is 70.3 Å². The highest BCUT2D eigenvalue weighted by molar-refractivity contribution is 7.14. The molecule has 1 fully saturated rings. The molecule has 2 heterocycles. The number of thiazole rings is 1. The summed E-state index contributed by atoms with van der Waals surface area (Å²) >= 11 is 1.75. The van der Waals surface area contributed by atoms with Gasteiger partial charge in [-0.25, -0.2) is 4.98 Å². The number of rotatable bonds is 5. The second-order valence-corrected chi connectivity index (χ2v) is 11.1. The monoisotopic (exact) mass is 425 g/mol. The van der Waals surface area contributed by atoms with Crippen molar-refractivity contribution in [1.29, 1.82) is 0 Å². The summed E-state index contributed by atoms with van der Waals surface area (Å²) in [5, 5.41) is 16.0. The number of aliphatic hydroxyl groups excluding tert-OH is 1. The minimum atomic E-state index is 0.207. The number of benzene rings is 1. The molecule has 0 spiro atoms. The lowest BCUT2D eigenvalue weighted by atomic mass is 9.63. The van der Waals surface area contributed by atoms with Gasteiger partial charge in [-0.15, -0.1) is 11.3 Å². The van der Waals surface area contributed by atoms with E-state index in [1.54, 1.807) is 11.3 Å². The van der Waals surface area contributed by atoms with Crippen LogP contribution in [0.4, 0.5) is 5.13 Å². The number of aliphatic hydroxyl groups is 1. The number of anilines is 1. The molecule has 0 amide bonds. The number of nitrogens with one attached hydrogen (secondary N) is 1. The lowest BCUT2D eigenvalue weighted by Gasteiger charge is -2.42. The van der Waals surface area contributed by atoms with E-state index in [2.05, 4.69) is 68.1 Å². The average Bonchev–Trinajstić information content (AvgIpc) is 3.20. The Balaban J connectivity index is 1.49. The van der Waals surface area contributed by atoms with Crippen LogP contribution in [0.15, 0.2) is 35.9 Å². The normalized spacial score (nSPS) is 20.7. The maximum atomic E-state index is 9.28. The highest BCUT2D eigenvalue weighted by Crippen LogP contribution is 2.46. The van der Waals surface area contributed by atoms with E-state index in [0.29, 0.717) is 12.6 Å². The van der Waals surface area contributed by atoms with E-state index >= 15 is 0 Å². The van der Waals surface area contributed by atoms with Gasteiger partial charge in [-0.1, -0.05) is 46.4 Å². The first-order valence-corrected chi connectivity index (χ1v) is 12.0. The molecule has 1 aromatic carbocycles. The number of hydrogen-bond donors (Lipinski definition) is 2. The fourth-order valence-electron chi connectivity index (χ4n) is 4.83. The van der Waals surface area contributed by atoms with Gasteiger partial charge >= 0.3 is 0 Å². The molecule has 2 aliphatic rings. The molecule has 0 atom stereocenters. The van der Waals surface area contributed by atoms with Crippen LogP contribution in [-0.4, -0.2) is 35.8 Å². The van der Waals surface area contributed by atoms with Crippen molar-refractivity contribution in [3.63, 3.8) is 0 Å². The van der Waals surface area contributed by atoms with E-state index in [-0.39, 0.29) is 16.6 Å². The molecule has 1 aromatic heterocycles. The van der Waals surface area contributed by atoms with Crippen molar-refractivity contribution in [1.82, 2.24) is 10.3 Å². The quantitative estimate of drug-likeness (QED) is 0.595. The minimum absolute atomic E-state index is 0.207. The van der Waals surface area contributed by atoms with Crippen molar-refractivity contribution in [2.24, 2.45) is 0 Å². The summed E-state index contributed by atoms with van der Waals surface area (Å²) in [6, 6.07) is 7.44. The summed E-state index contributed by atoms with van der Waals surface area (Å²) in [7, 11) is 0. The second-order valence-electron chi connectivity index (χ2n) is 10.3. The summed E-state index contributed by atoms with van der Waals surface area (Å²) in [6.45, 7) is 15.5.